The van der Waals surface area contributed by atoms with E-state index < -0.39 is 0 Å². The number of allylic oxidation sites excluding steroid dienone is 2. The number of imide groups is 1. The van der Waals surface area contributed by atoms with Crippen LogP contribution >= 0.6 is 0 Å². The molecule has 1 saturated carbocycles. The highest BCUT2D eigenvalue weighted by atomic mass is 16.2. The molecular weight excluding hydrogens is 262 g/mol. The zero-order valence-electron chi connectivity index (χ0n) is 12.2. The lowest BCUT2D eigenvalue weighted by atomic mass is 9.63. The topological polar surface area (TPSA) is 37.4 Å². The zero-order valence-corrected chi connectivity index (χ0v) is 12.2. The number of hydrogen-bond acceptors (Lipinski definition) is 2. The number of fused-ring (bicyclic) bond motifs is 1. The molecule has 1 aromatic rings. The molecule has 4 atom stereocenters. The summed E-state index contributed by atoms with van der Waals surface area (Å²) in [4.78, 5) is 27.2. The van der Waals surface area contributed by atoms with Crippen molar-refractivity contribution in [3.05, 3.63) is 42.0 Å². The third-order valence-corrected chi connectivity index (χ3v) is 5.37. The largest absolute Gasteiger partial charge is 0.274 e. The van der Waals surface area contributed by atoms with E-state index in [9.17, 15) is 9.59 Å². The lowest BCUT2D eigenvalue weighted by molar-refractivity contribution is -0.124. The Bertz CT molecular complexity index is 616. The molecule has 3 heteroatoms. The monoisotopic (exact) mass is 281 g/mol. The van der Waals surface area contributed by atoms with E-state index in [0.717, 1.165) is 30.5 Å². The molecule has 21 heavy (non-hydrogen) atoms. The smallest absolute Gasteiger partial charge is 0.238 e. The van der Waals surface area contributed by atoms with E-state index in [1.165, 1.54) is 4.90 Å². The van der Waals surface area contributed by atoms with E-state index in [1.54, 1.807) is 0 Å². The van der Waals surface area contributed by atoms with Gasteiger partial charge >= 0.3 is 0 Å². The Hall–Kier alpha value is -1.90. The SMILES string of the molecule is CCc1ccccc1N1C(=O)[C@@H]2[C@H](C1=O)[C@@H]1C=C[C@@H]2CC1. The highest BCUT2D eigenvalue weighted by molar-refractivity contribution is 6.22. The Kier molecular flexibility index (Phi) is 2.78. The number of carbonyl (C=O) groups excluding carboxylic acids is 2. The van der Waals surface area contributed by atoms with Crippen molar-refractivity contribution in [3.8, 4) is 0 Å². The molecular formula is C18H19NO2. The van der Waals surface area contributed by atoms with Gasteiger partial charge in [0.05, 0.1) is 17.5 Å². The van der Waals surface area contributed by atoms with Gasteiger partial charge in [-0.1, -0.05) is 37.3 Å². The number of para-hydroxylation sites is 1. The molecule has 4 aliphatic rings. The van der Waals surface area contributed by atoms with Crippen molar-refractivity contribution < 1.29 is 9.59 Å². The molecule has 2 fully saturated rings. The number of rotatable bonds is 2. The summed E-state index contributed by atoms with van der Waals surface area (Å²) in [5.41, 5.74) is 1.86. The van der Waals surface area contributed by atoms with Crippen LogP contribution in [0.1, 0.15) is 25.3 Å². The van der Waals surface area contributed by atoms with Gasteiger partial charge in [0.25, 0.3) is 0 Å². The van der Waals surface area contributed by atoms with Gasteiger partial charge in [0.15, 0.2) is 0 Å². The number of anilines is 1. The van der Waals surface area contributed by atoms with Crippen molar-refractivity contribution in [2.75, 3.05) is 4.90 Å². The molecule has 1 aliphatic heterocycles. The van der Waals surface area contributed by atoms with Crippen LogP contribution in [0, 0.1) is 23.7 Å². The van der Waals surface area contributed by atoms with Crippen LogP contribution in [0.3, 0.4) is 0 Å². The number of amides is 2. The van der Waals surface area contributed by atoms with E-state index >= 15 is 0 Å². The van der Waals surface area contributed by atoms with Crippen LogP contribution in [-0.2, 0) is 16.0 Å². The van der Waals surface area contributed by atoms with Crippen molar-refractivity contribution in [2.24, 2.45) is 23.7 Å². The second kappa shape index (κ2) is 4.55. The van der Waals surface area contributed by atoms with Gasteiger partial charge in [0, 0.05) is 0 Å². The fourth-order valence-corrected chi connectivity index (χ4v) is 4.34. The van der Waals surface area contributed by atoms with Crippen LogP contribution in [0.5, 0.6) is 0 Å². The first kappa shape index (κ1) is 12.8. The highest BCUT2D eigenvalue weighted by Gasteiger charge is 2.57. The van der Waals surface area contributed by atoms with E-state index in [2.05, 4.69) is 19.1 Å². The minimum Gasteiger partial charge on any atom is -0.274 e. The van der Waals surface area contributed by atoms with Crippen LogP contribution in [-0.4, -0.2) is 11.8 Å². The molecule has 0 aromatic heterocycles. The van der Waals surface area contributed by atoms with Crippen LogP contribution in [0.25, 0.3) is 0 Å². The second-order valence-electron chi connectivity index (χ2n) is 6.34. The van der Waals surface area contributed by atoms with Gasteiger partial charge in [-0.3, -0.25) is 9.59 Å². The lowest BCUT2D eigenvalue weighted by Gasteiger charge is -2.38. The van der Waals surface area contributed by atoms with Gasteiger partial charge in [0.2, 0.25) is 11.8 Å². The van der Waals surface area contributed by atoms with Crippen molar-refractivity contribution in [1.82, 2.24) is 0 Å². The van der Waals surface area contributed by atoms with Gasteiger partial charge < -0.3 is 0 Å². The predicted molar refractivity (Wildman–Crippen MR) is 80.6 cm³/mol. The summed E-state index contributed by atoms with van der Waals surface area (Å²) in [5.74, 6) is 0.317. The summed E-state index contributed by atoms with van der Waals surface area (Å²) in [5, 5.41) is 0. The van der Waals surface area contributed by atoms with Crippen LogP contribution in [0.15, 0.2) is 36.4 Å². The van der Waals surface area contributed by atoms with Gasteiger partial charge in [-0.25, -0.2) is 4.90 Å². The molecule has 0 radical (unpaired) electrons. The van der Waals surface area contributed by atoms with Gasteiger partial charge in [-0.15, -0.1) is 0 Å². The number of hydrogen-bond donors (Lipinski definition) is 0. The fourth-order valence-electron chi connectivity index (χ4n) is 4.34. The normalized spacial score (nSPS) is 33.7. The summed E-state index contributed by atoms with van der Waals surface area (Å²) in [6.07, 6.45) is 7.24. The maximum Gasteiger partial charge on any atom is 0.238 e. The summed E-state index contributed by atoms with van der Waals surface area (Å²) in [7, 11) is 0. The van der Waals surface area contributed by atoms with E-state index in [0.29, 0.717) is 0 Å². The molecule has 5 rings (SSSR count). The van der Waals surface area contributed by atoms with Crippen molar-refractivity contribution >= 4 is 17.5 Å². The minimum absolute atomic E-state index is 0.0185. The first-order valence-electron chi connectivity index (χ1n) is 7.86. The van der Waals surface area contributed by atoms with Gasteiger partial charge in [-0.2, -0.15) is 0 Å². The number of nitrogens with zero attached hydrogens (tertiary/aromatic N) is 1. The molecule has 0 N–H and O–H groups in total. The molecule has 3 aliphatic carbocycles. The molecule has 3 nitrogen and oxygen atoms in total. The molecule has 1 aromatic carbocycles. The fraction of sp³-hybridized carbons (Fsp3) is 0.444. The van der Waals surface area contributed by atoms with E-state index in [4.69, 9.17) is 0 Å². The molecule has 2 bridgehead atoms. The Balaban J connectivity index is 1.79. The molecule has 1 heterocycles. The van der Waals surface area contributed by atoms with Crippen LogP contribution in [0.4, 0.5) is 5.69 Å². The van der Waals surface area contributed by atoms with Crippen molar-refractivity contribution in [1.29, 1.82) is 0 Å². The first-order chi connectivity index (χ1) is 10.2. The molecule has 0 spiro atoms. The number of carbonyl (C=O) groups is 2. The molecule has 0 unspecified atom stereocenters. The Labute approximate surface area is 124 Å². The number of benzene rings is 1. The summed E-state index contributed by atoms with van der Waals surface area (Å²) in [6, 6.07) is 7.78. The summed E-state index contributed by atoms with van der Waals surface area (Å²) < 4.78 is 0. The third-order valence-electron chi connectivity index (χ3n) is 5.37. The first-order valence-corrected chi connectivity index (χ1v) is 7.86. The average Bonchev–Trinajstić information content (AvgIpc) is 2.82. The zero-order chi connectivity index (χ0) is 14.6. The molecule has 108 valence electrons. The summed E-state index contributed by atoms with van der Waals surface area (Å²) in [6.45, 7) is 2.06. The molecule has 1 saturated heterocycles. The van der Waals surface area contributed by atoms with Crippen LogP contribution in [0.2, 0.25) is 0 Å². The predicted octanol–water partition coefficient (Wildman–Crippen LogP) is 2.95. The Morgan fingerprint density at radius 2 is 1.57 bits per heavy atom. The van der Waals surface area contributed by atoms with E-state index in [1.807, 2.05) is 24.3 Å². The minimum atomic E-state index is -0.119. The Morgan fingerprint density at radius 3 is 2.10 bits per heavy atom. The highest BCUT2D eigenvalue weighted by Crippen LogP contribution is 2.50. The average molecular weight is 281 g/mol. The summed E-state index contributed by atoms with van der Waals surface area (Å²) >= 11 is 0. The van der Waals surface area contributed by atoms with E-state index in [-0.39, 0.29) is 35.5 Å². The number of aryl methyl sites for hydroxylation is 1. The van der Waals surface area contributed by atoms with Crippen molar-refractivity contribution in [2.45, 2.75) is 26.2 Å². The second-order valence-corrected chi connectivity index (χ2v) is 6.34. The maximum absolute atomic E-state index is 12.9. The standard InChI is InChI=1S/C18H19NO2/c1-2-11-5-3-4-6-14(11)19-17(20)15-12-7-8-13(10-9-12)16(15)18(19)21/h3-8,12-13,15-16H,2,9-10H2,1H3/t12-,13-,15-,16+/m1/s1. The molecule has 2 amide bonds. The Morgan fingerprint density at radius 1 is 1.00 bits per heavy atom. The van der Waals surface area contributed by atoms with Gasteiger partial charge in [0.1, 0.15) is 0 Å². The van der Waals surface area contributed by atoms with Crippen LogP contribution < -0.4 is 4.90 Å². The van der Waals surface area contributed by atoms with Gasteiger partial charge in [-0.05, 0) is 42.7 Å². The van der Waals surface area contributed by atoms with Crippen molar-refractivity contribution in [3.63, 3.8) is 0 Å². The maximum atomic E-state index is 12.9. The third kappa shape index (κ3) is 1.66. The quantitative estimate of drug-likeness (QED) is 0.617. The lowest BCUT2D eigenvalue weighted by Crippen LogP contribution is -2.38.